The lowest BCUT2D eigenvalue weighted by atomic mass is 9.90. The van der Waals surface area contributed by atoms with Crippen molar-refractivity contribution >= 4 is 5.82 Å². The van der Waals surface area contributed by atoms with E-state index in [4.69, 9.17) is 4.74 Å². The standard InChI is InChI=1S/C15H22FN3O/c1-2-12-14(16)15(18-10-17-12)19-7-5-11(6-8-19)13-4-3-9-20-13/h10-11,13H,2-9H2,1H3/t13-/m1/s1. The van der Waals surface area contributed by atoms with Crippen LogP contribution in [-0.2, 0) is 11.2 Å². The molecule has 0 aliphatic carbocycles. The lowest BCUT2D eigenvalue weighted by Gasteiger charge is -2.35. The monoisotopic (exact) mass is 279 g/mol. The molecule has 2 aliphatic rings. The Morgan fingerprint density at radius 1 is 1.30 bits per heavy atom. The number of nitrogens with zero attached hydrogens (tertiary/aromatic N) is 3. The van der Waals surface area contributed by atoms with Crippen LogP contribution >= 0.6 is 0 Å². The van der Waals surface area contributed by atoms with E-state index in [1.54, 1.807) is 0 Å². The molecule has 1 aromatic heterocycles. The molecule has 20 heavy (non-hydrogen) atoms. The largest absolute Gasteiger partial charge is 0.378 e. The summed E-state index contributed by atoms with van der Waals surface area (Å²) in [5, 5.41) is 0. The summed E-state index contributed by atoms with van der Waals surface area (Å²) in [6.45, 7) is 4.55. The Bertz CT molecular complexity index is 454. The molecule has 110 valence electrons. The smallest absolute Gasteiger partial charge is 0.187 e. The molecule has 0 amide bonds. The number of piperidine rings is 1. The number of aryl methyl sites for hydroxylation is 1. The molecule has 0 aromatic carbocycles. The molecule has 0 bridgehead atoms. The highest BCUT2D eigenvalue weighted by Gasteiger charge is 2.30. The van der Waals surface area contributed by atoms with E-state index in [0.717, 1.165) is 32.5 Å². The predicted octanol–water partition coefficient (Wildman–Crippen LogP) is 2.57. The van der Waals surface area contributed by atoms with Crippen LogP contribution in [0.4, 0.5) is 10.2 Å². The van der Waals surface area contributed by atoms with Crippen LogP contribution in [0.3, 0.4) is 0 Å². The number of hydrogen-bond donors (Lipinski definition) is 0. The van der Waals surface area contributed by atoms with Gasteiger partial charge in [0.05, 0.1) is 11.8 Å². The number of hydrogen-bond acceptors (Lipinski definition) is 4. The van der Waals surface area contributed by atoms with Crippen molar-refractivity contribution in [3.05, 3.63) is 17.8 Å². The number of rotatable bonds is 3. The second kappa shape index (κ2) is 6.04. The lowest BCUT2D eigenvalue weighted by molar-refractivity contribution is 0.0530. The molecule has 0 N–H and O–H groups in total. The van der Waals surface area contributed by atoms with Gasteiger partial charge in [0.25, 0.3) is 0 Å². The Balaban J connectivity index is 1.65. The quantitative estimate of drug-likeness (QED) is 0.852. The van der Waals surface area contributed by atoms with E-state index in [1.807, 2.05) is 6.92 Å². The third kappa shape index (κ3) is 2.64. The lowest BCUT2D eigenvalue weighted by Crippen LogP contribution is -2.38. The van der Waals surface area contributed by atoms with Crippen molar-refractivity contribution in [1.82, 2.24) is 9.97 Å². The molecular formula is C15H22FN3O. The highest BCUT2D eigenvalue weighted by Crippen LogP contribution is 2.31. The van der Waals surface area contributed by atoms with Gasteiger partial charge in [-0.25, -0.2) is 14.4 Å². The van der Waals surface area contributed by atoms with Gasteiger partial charge < -0.3 is 9.64 Å². The summed E-state index contributed by atoms with van der Waals surface area (Å²) < 4.78 is 20.0. The average molecular weight is 279 g/mol. The van der Waals surface area contributed by atoms with Crippen molar-refractivity contribution in [2.24, 2.45) is 5.92 Å². The molecule has 0 spiro atoms. The molecule has 3 rings (SSSR count). The van der Waals surface area contributed by atoms with Crippen LogP contribution in [0.15, 0.2) is 6.33 Å². The number of aromatic nitrogens is 2. The first-order chi connectivity index (χ1) is 9.79. The third-order valence-corrected chi connectivity index (χ3v) is 4.51. The Morgan fingerprint density at radius 2 is 2.10 bits per heavy atom. The van der Waals surface area contributed by atoms with Crippen LogP contribution in [0.1, 0.15) is 38.3 Å². The van der Waals surface area contributed by atoms with Gasteiger partial charge in [-0.2, -0.15) is 0 Å². The first-order valence-electron chi connectivity index (χ1n) is 7.65. The first kappa shape index (κ1) is 13.7. The summed E-state index contributed by atoms with van der Waals surface area (Å²) in [7, 11) is 0. The van der Waals surface area contributed by atoms with Gasteiger partial charge in [0.2, 0.25) is 0 Å². The topological polar surface area (TPSA) is 38.2 Å². The first-order valence-corrected chi connectivity index (χ1v) is 7.65. The molecule has 2 saturated heterocycles. The fourth-order valence-electron chi connectivity index (χ4n) is 3.32. The Morgan fingerprint density at radius 3 is 2.75 bits per heavy atom. The maximum atomic E-state index is 14.3. The minimum atomic E-state index is -0.245. The minimum absolute atomic E-state index is 0.245. The average Bonchev–Trinajstić information content (AvgIpc) is 3.02. The Labute approximate surface area is 119 Å². The van der Waals surface area contributed by atoms with Crippen LogP contribution < -0.4 is 4.90 Å². The van der Waals surface area contributed by atoms with E-state index in [-0.39, 0.29) is 5.82 Å². The van der Waals surface area contributed by atoms with Crippen LogP contribution in [-0.4, -0.2) is 35.8 Å². The van der Waals surface area contributed by atoms with Gasteiger partial charge in [-0.3, -0.25) is 0 Å². The van der Waals surface area contributed by atoms with Gasteiger partial charge in [0.1, 0.15) is 6.33 Å². The van der Waals surface area contributed by atoms with Crippen molar-refractivity contribution in [2.45, 2.75) is 45.1 Å². The zero-order valence-corrected chi connectivity index (χ0v) is 12.0. The summed E-state index contributed by atoms with van der Waals surface area (Å²) in [6, 6.07) is 0. The summed E-state index contributed by atoms with van der Waals surface area (Å²) >= 11 is 0. The molecule has 4 nitrogen and oxygen atoms in total. The van der Waals surface area contributed by atoms with Crippen LogP contribution in [0, 0.1) is 11.7 Å². The SMILES string of the molecule is CCc1ncnc(N2CCC([C@H]3CCCO3)CC2)c1F. The number of halogens is 1. The summed E-state index contributed by atoms with van der Waals surface area (Å²) in [5.74, 6) is 0.859. The van der Waals surface area contributed by atoms with Crippen molar-refractivity contribution in [2.75, 3.05) is 24.6 Å². The number of anilines is 1. The summed E-state index contributed by atoms with van der Waals surface area (Å²) in [5.41, 5.74) is 0.510. The zero-order valence-electron chi connectivity index (χ0n) is 12.0. The van der Waals surface area contributed by atoms with Gasteiger partial charge in [-0.1, -0.05) is 6.92 Å². The molecule has 5 heteroatoms. The fourth-order valence-corrected chi connectivity index (χ4v) is 3.32. The number of ether oxygens (including phenoxy) is 1. The highest BCUT2D eigenvalue weighted by atomic mass is 19.1. The van der Waals surface area contributed by atoms with E-state index >= 15 is 0 Å². The Hall–Kier alpha value is -1.23. The minimum Gasteiger partial charge on any atom is -0.378 e. The van der Waals surface area contributed by atoms with E-state index in [1.165, 1.54) is 19.2 Å². The second-order valence-electron chi connectivity index (χ2n) is 5.69. The fraction of sp³-hybridized carbons (Fsp3) is 0.733. The molecule has 3 heterocycles. The maximum absolute atomic E-state index is 14.3. The van der Waals surface area contributed by atoms with Gasteiger partial charge >= 0.3 is 0 Å². The maximum Gasteiger partial charge on any atom is 0.187 e. The molecule has 2 fully saturated rings. The predicted molar refractivity (Wildman–Crippen MR) is 75.3 cm³/mol. The zero-order chi connectivity index (χ0) is 13.9. The van der Waals surface area contributed by atoms with Gasteiger partial charge in [0, 0.05) is 19.7 Å². The van der Waals surface area contributed by atoms with Gasteiger partial charge in [-0.15, -0.1) is 0 Å². The van der Waals surface area contributed by atoms with Crippen LogP contribution in [0.5, 0.6) is 0 Å². The Kier molecular flexibility index (Phi) is 4.15. The van der Waals surface area contributed by atoms with E-state index in [0.29, 0.717) is 30.0 Å². The molecule has 0 saturated carbocycles. The molecule has 1 atom stereocenters. The van der Waals surface area contributed by atoms with E-state index < -0.39 is 0 Å². The van der Waals surface area contributed by atoms with Crippen molar-refractivity contribution < 1.29 is 9.13 Å². The van der Waals surface area contributed by atoms with Crippen LogP contribution in [0.2, 0.25) is 0 Å². The molecular weight excluding hydrogens is 257 g/mol. The second-order valence-corrected chi connectivity index (χ2v) is 5.69. The summed E-state index contributed by atoms with van der Waals surface area (Å²) in [6.07, 6.45) is 7.01. The van der Waals surface area contributed by atoms with Gasteiger partial charge in [-0.05, 0) is 38.0 Å². The summed E-state index contributed by atoms with van der Waals surface area (Å²) in [4.78, 5) is 10.2. The molecule has 0 radical (unpaired) electrons. The highest BCUT2D eigenvalue weighted by molar-refractivity contribution is 5.41. The third-order valence-electron chi connectivity index (χ3n) is 4.51. The molecule has 2 aliphatic heterocycles. The molecule has 0 unspecified atom stereocenters. The van der Waals surface area contributed by atoms with Crippen molar-refractivity contribution in [3.8, 4) is 0 Å². The van der Waals surface area contributed by atoms with Crippen molar-refractivity contribution in [3.63, 3.8) is 0 Å². The van der Waals surface area contributed by atoms with Gasteiger partial charge in [0.15, 0.2) is 11.6 Å². The van der Waals surface area contributed by atoms with Crippen LogP contribution in [0.25, 0.3) is 0 Å². The normalized spacial score (nSPS) is 24.3. The van der Waals surface area contributed by atoms with Crippen molar-refractivity contribution in [1.29, 1.82) is 0 Å². The molecule has 1 aromatic rings. The van der Waals surface area contributed by atoms with E-state index in [2.05, 4.69) is 14.9 Å². The van der Waals surface area contributed by atoms with E-state index in [9.17, 15) is 4.39 Å².